The Morgan fingerprint density at radius 2 is 2.11 bits per heavy atom. The molecule has 7 heteroatoms. The van der Waals surface area contributed by atoms with E-state index in [0.717, 1.165) is 0 Å². The third-order valence-electron chi connectivity index (χ3n) is 4.82. The van der Waals surface area contributed by atoms with E-state index in [0.29, 0.717) is 43.4 Å². The summed E-state index contributed by atoms with van der Waals surface area (Å²) in [4.78, 5) is 31.4. The molecule has 144 valence electrons. The number of hydrogen-bond acceptors (Lipinski definition) is 6. The quantitative estimate of drug-likeness (QED) is 0.763. The molecule has 0 radical (unpaired) electrons. The Labute approximate surface area is 157 Å². The van der Waals surface area contributed by atoms with Crippen molar-refractivity contribution in [3.05, 3.63) is 41.5 Å². The average molecular weight is 374 g/mol. The highest BCUT2D eigenvalue weighted by molar-refractivity contribution is 6.16. The first kappa shape index (κ1) is 19.2. The van der Waals surface area contributed by atoms with Crippen LogP contribution in [-0.4, -0.2) is 55.6 Å². The molecule has 2 aliphatic rings. The van der Waals surface area contributed by atoms with Crippen LogP contribution in [0.3, 0.4) is 0 Å². The number of methoxy groups -OCH3 is 1. The molecule has 0 bridgehead atoms. The van der Waals surface area contributed by atoms with Crippen molar-refractivity contribution in [2.75, 3.05) is 33.4 Å². The minimum absolute atomic E-state index is 0.0513. The van der Waals surface area contributed by atoms with E-state index < -0.39 is 11.7 Å². The summed E-state index contributed by atoms with van der Waals surface area (Å²) in [5.74, 6) is -0.370. The molecule has 1 fully saturated rings. The SMILES string of the molecule is COc1cc(CC(=O)C(C)C2=NC(N3CCOCC3)=CC(=O)C2)ccc1F. The van der Waals surface area contributed by atoms with Gasteiger partial charge in [-0.15, -0.1) is 0 Å². The van der Waals surface area contributed by atoms with Gasteiger partial charge in [0, 0.05) is 37.7 Å². The molecule has 1 atom stereocenters. The first-order chi connectivity index (χ1) is 13.0. The highest BCUT2D eigenvalue weighted by Gasteiger charge is 2.26. The Morgan fingerprint density at radius 3 is 2.81 bits per heavy atom. The van der Waals surface area contributed by atoms with E-state index >= 15 is 0 Å². The lowest BCUT2D eigenvalue weighted by Gasteiger charge is -2.30. The molecule has 2 aliphatic heterocycles. The topological polar surface area (TPSA) is 68.2 Å². The summed E-state index contributed by atoms with van der Waals surface area (Å²) in [6, 6.07) is 4.37. The average Bonchev–Trinajstić information content (AvgIpc) is 2.69. The van der Waals surface area contributed by atoms with E-state index in [1.807, 2.05) is 4.90 Å². The van der Waals surface area contributed by atoms with Crippen LogP contribution in [0.2, 0.25) is 0 Å². The van der Waals surface area contributed by atoms with Gasteiger partial charge in [0.1, 0.15) is 11.6 Å². The fraction of sp³-hybridized carbons (Fsp3) is 0.450. The van der Waals surface area contributed by atoms with Gasteiger partial charge in [-0.3, -0.25) is 9.59 Å². The second kappa shape index (κ2) is 8.43. The molecule has 1 aromatic carbocycles. The molecule has 3 rings (SSSR count). The summed E-state index contributed by atoms with van der Waals surface area (Å²) in [6.45, 7) is 4.30. The predicted octanol–water partition coefficient (Wildman–Crippen LogP) is 2.17. The molecule has 0 amide bonds. The van der Waals surface area contributed by atoms with E-state index in [9.17, 15) is 14.0 Å². The number of carbonyl (C=O) groups is 2. The summed E-state index contributed by atoms with van der Waals surface area (Å²) in [5.41, 5.74) is 1.24. The van der Waals surface area contributed by atoms with Crippen molar-refractivity contribution in [2.24, 2.45) is 10.9 Å². The molecule has 0 aliphatic carbocycles. The first-order valence-electron chi connectivity index (χ1n) is 8.97. The number of rotatable bonds is 6. The van der Waals surface area contributed by atoms with Gasteiger partial charge in [0.25, 0.3) is 0 Å². The number of allylic oxidation sites excluding steroid dienone is 1. The van der Waals surface area contributed by atoms with Crippen LogP contribution >= 0.6 is 0 Å². The normalized spacial score (nSPS) is 18.6. The Hall–Kier alpha value is -2.54. The highest BCUT2D eigenvalue weighted by atomic mass is 19.1. The van der Waals surface area contributed by atoms with Crippen molar-refractivity contribution < 1.29 is 23.5 Å². The predicted molar refractivity (Wildman–Crippen MR) is 98.4 cm³/mol. The first-order valence-corrected chi connectivity index (χ1v) is 8.97. The molecule has 1 aromatic rings. The zero-order valence-electron chi connectivity index (χ0n) is 15.5. The van der Waals surface area contributed by atoms with E-state index in [2.05, 4.69) is 4.99 Å². The maximum atomic E-state index is 13.5. The minimum Gasteiger partial charge on any atom is -0.494 e. The number of Topliss-reactive ketones (excluding diaryl/α,β-unsaturated/α-hetero) is 1. The number of aliphatic imine (C=N–C) groups is 1. The van der Waals surface area contributed by atoms with Crippen molar-refractivity contribution in [1.29, 1.82) is 0 Å². The van der Waals surface area contributed by atoms with Crippen LogP contribution in [0.5, 0.6) is 5.75 Å². The number of benzene rings is 1. The molecule has 0 saturated carbocycles. The van der Waals surface area contributed by atoms with Crippen LogP contribution in [0, 0.1) is 11.7 Å². The van der Waals surface area contributed by atoms with Gasteiger partial charge in [0.05, 0.1) is 26.2 Å². The largest absolute Gasteiger partial charge is 0.494 e. The van der Waals surface area contributed by atoms with Crippen molar-refractivity contribution in [1.82, 2.24) is 4.90 Å². The third-order valence-corrected chi connectivity index (χ3v) is 4.82. The molecule has 0 spiro atoms. The van der Waals surface area contributed by atoms with E-state index in [1.54, 1.807) is 13.0 Å². The number of ether oxygens (including phenoxy) is 2. The number of ketones is 2. The summed E-state index contributed by atoms with van der Waals surface area (Å²) < 4.78 is 23.8. The molecule has 6 nitrogen and oxygen atoms in total. The smallest absolute Gasteiger partial charge is 0.165 e. The summed E-state index contributed by atoms with van der Waals surface area (Å²) in [7, 11) is 1.38. The van der Waals surface area contributed by atoms with Gasteiger partial charge >= 0.3 is 0 Å². The second-order valence-electron chi connectivity index (χ2n) is 6.68. The Morgan fingerprint density at radius 1 is 1.37 bits per heavy atom. The number of halogens is 1. The van der Waals surface area contributed by atoms with Crippen molar-refractivity contribution in [2.45, 2.75) is 19.8 Å². The van der Waals surface area contributed by atoms with Crippen LogP contribution in [0.25, 0.3) is 0 Å². The van der Waals surface area contributed by atoms with Crippen LogP contribution < -0.4 is 4.74 Å². The Kier molecular flexibility index (Phi) is 6.01. The third kappa shape index (κ3) is 4.60. The van der Waals surface area contributed by atoms with Gasteiger partial charge in [-0.1, -0.05) is 13.0 Å². The lowest BCUT2D eigenvalue weighted by molar-refractivity contribution is -0.119. The van der Waals surface area contributed by atoms with Crippen LogP contribution in [0.1, 0.15) is 18.9 Å². The molecule has 1 unspecified atom stereocenters. The maximum absolute atomic E-state index is 13.5. The molecule has 1 saturated heterocycles. The lowest BCUT2D eigenvalue weighted by atomic mass is 9.91. The Balaban J connectivity index is 1.72. The molecule has 0 aromatic heterocycles. The summed E-state index contributed by atoms with van der Waals surface area (Å²) in [6.07, 6.45) is 1.81. The highest BCUT2D eigenvalue weighted by Crippen LogP contribution is 2.22. The van der Waals surface area contributed by atoms with Gasteiger partial charge in [0.15, 0.2) is 17.3 Å². The number of hydrogen-bond donors (Lipinski definition) is 0. The molecule has 2 heterocycles. The standard InChI is InChI=1S/C20H23FN2O4/c1-13(18(25)9-14-3-4-16(21)19(10-14)26-2)17-11-15(24)12-20(22-17)23-5-7-27-8-6-23/h3-4,10,12-13H,5-9,11H2,1-2H3. The van der Waals surface area contributed by atoms with Crippen LogP contribution in [0.15, 0.2) is 35.1 Å². The molecular formula is C20H23FN2O4. The van der Waals surface area contributed by atoms with Gasteiger partial charge in [-0.25, -0.2) is 9.38 Å². The van der Waals surface area contributed by atoms with Gasteiger partial charge in [0.2, 0.25) is 0 Å². The van der Waals surface area contributed by atoms with Gasteiger partial charge in [-0.2, -0.15) is 0 Å². The van der Waals surface area contributed by atoms with Crippen molar-refractivity contribution >= 4 is 17.3 Å². The summed E-state index contributed by atoms with van der Waals surface area (Å²) >= 11 is 0. The van der Waals surface area contributed by atoms with Crippen molar-refractivity contribution in [3.63, 3.8) is 0 Å². The van der Waals surface area contributed by atoms with E-state index in [4.69, 9.17) is 9.47 Å². The van der Waals surface area contributed by atoms with Gasteiger partial charge in [-0.05, 0) is 17.7 Å². The zero-order valence-corrected chi connectivity index (χ0v) is 15.5. The minimum atomic E-state index is -0.491. The van der Waals surface area contributed by atoms with Crippen molar-refractivity contribution in [3.8, 4) is 5.75 Å². The summed E-state index contributed by atoms with van der Waals surface area (Å²) in [5, 5.41) is 0. The monoisotopic (exact) mass is 374 g/mol. The lowest BCUT2D eigenvalue weighted by Crippen LogP contribution is -2.37. The maximum Gasteiger partial charge on any atom is 0.165 e. The van der Waals surface area contributed by atoms with Gasteiger partial charge < -0.3 is 14.4 Å². The number of carbonyl (C=O) groups excluding carboxylic acids is 2. The fourth-order valence-electron chi connectivity index (χ4n) is 3.15. The molecular weight excluding hydrogens is 351 g/mol. The van der Waals surface area contributed by atoms with E-state index in [1.165, 1.54) is 25.3 Å². The second-order valence-corrected chi connectivity index (χ2v) is 6.68. The zero-order chi connectivity index (χ0) is 19.4. The molecule has 0 N–H and O–H groups in total. The number of morpholine rings is 1. The van der Waals surface area contributed by atoms with Crippen LogP contribution in [-0.2, 0) is 20.7 Å². The van der Waals surface area contributed by atoms with E-state index in [-0.39, 0.29) is 30.2 Å². The van der Waals surface area contributed by atoms with Crippen LogP contribution in [0.4, 0.5) is 4.39 Å². The fourth-order valence-corrected chi connectivity index (χ4v) is 3.15. The Bertz CT molecular complexity index is 797. The molecule has 27 heavy (non-hydrogen) atoms. The number of nitrogens with zero attached hydrogens (tertiary/aromatic N) is 2.